The van der Waals surface area contributed by atoms with Crippen molar-refractivity contribution in [3.05, 3.63) is 34.9 Å². The number of hydrogen-bond acceptors (Lipinski definition) is 3. The van der Waals surface area contributed by atoms with Crippen LogP contribution in [0.5, 0.6) is 0 Å². The van der Waals surface area contributed by atoms with Crippen molar-refractivity contribution in [2.45, 2.75) is 25.7 Å². The maximum Gasteiger partial charge on any atom is 0.311 e. The third-order valence-corrected chi connectivity index (χ3v) is 5.10. The van der Waals surface area contributed by atoms with Crippen LogP contribution >= 0.6 is 11.6 Å². The van der Waals surface area contributed by atoms with Gasteiger partial charge in [0.05, 0.1) is 11.7 Å². The van der Waals surface area contributed by atoms with Gasteiger partial charge in [0, 0.05) is 10.8 Å². The molecule has 0 aliphatic heterocycles. The van der Waals surface area contributed by atoms with E-state index >= 15 is 0 Å². The van der Waals surface area contributed by atoms with Crippen LogP contribution in [0.15, 0.2) is 24.3 Å². The highest BCUT2D eigenvalue weighted by molar-refractivity contribution is 7.91. The summed E-state index contributed by atoms with van der Waals surface area (Å²) in [7, 11) is -3.06. The van der Waals surface area contributed by atoms with Gasteiger partial charge in [-0.15, -0.1) is 0 Å². The van der Waals surface area contributed by atoms with E-state index in [0.29, 0.717) is 17.0 Å². The van der Waals surface area contributed by atoms with E-state index in [4.69, 9.17) is 11.6 Å². The number of carbonyl (C=O) groups is 1. The van der Waals surface area contributed by atoms with Crippen molar-refractivity contribution < 1.29 is 18.3 Å². The van der Waals surface area contributed by atoms with E-state index in [1.54, 1.807) is 31.2 Å². The summed E-state index contributed by atoms with van der Waals surface area (Å²) in [5.74, 6) is -1.66. The average molecular weight is 305 g/mol. The summed E-state index contributed by atoms with van der Waals surface area (Å²) in [5, 5.41) is 9.63. The molecule has 0 aliphatic carbocycles. The fourth-order valence-electron chi connectivity index (χ4n) is 1.82. The Balaban J connectivity index is 2.76. The molecule has 1 N–H and O–H groups in total. The lowest BCUT2D eigenvalue weighted by molar-refractivity contribution is -0.139. The smallest absolute Gasteiger partial charge is 0.311 e. The first-order valence-corrected chi connectivity index (χ1v) is 8.25. The summed E-state index contributed by atoms with van der Waals surface area (Å²) in [6.45, 7) is 1.58. The maximum absolute atomic E-state index is 11.4. The van der Waals surface area contributed by atoms with Gasteiger partial charge >= 0.3 is 5.97 Å². The van der Waals surface area contributed by atoms with E-state index in [1.165, 1.54) is 0 Å². The Hall–Kier alpha value is -1.07. The minimum atomic E-state index is -3.06. The van der Waals surface area contributed by atoms with Crippen LogP contribution in [0.3, 0.4) is 0 Å². The van der Waals surface area contributed by atoms with Crippen molar-refractivity contribution in [3.63, 3.8) is 0 Å². The molecule has 106 valence electrons. The van der Waals surface area contributed by atoms with E-state index in [9.17, 15) is 18.3 Å². The highest BCUT2D eigenvalue weighted by Crippen LogP contribution is 2.28. The Morgan fingerprint density at radius 1 is 1.37 bits per heavy atom. The second kappa shape index (κ2) is 6.91. The Bertz CT molecular complexity index is 539. The van der Waals surface area contributed by atoms with E-state index < -0.39 is 21.7 Å². The van der Waals surface area contributed by atoms with Crippen LogP contribution in [0, 0.1) is 0 Å². The molecule has 0 fully saturated rings. The SMILES string of the molecule is CCS(=O)(=O)CCCC(C(=O)O)c1ccccc1Cl. The fourth-order valence-corrected chi connectivity index (χ4v) is 2.98. The zero-order valence-corrected chi connectivity index (χ0v) is 12.2. The summed E-state index contributed by atoms with van der Waals surface area (Å²) < 4.78 is 22.8. The van der Waals surface area contributed by atoms with Gasteiger partial charge in [-0.25, -0.2) is 8.42 Å². The highest BCUT2D eigenvalue weighted by atomic mass is 35.5. The van der Waals surface area contributed by atoms with Crippen molar-refractivity contribution >= 4 is 27.4 Å². The molecule has 0 aliphatic rings. The summed E-state index contributed by atoms with van der Waals surface area (Å²) in [5.41, 5.74) is 0.533. The van der Waals surface area contributed by atoms with Gasteiger partial charge in [0.1, 0.15) is 9.84 Å². The summed E-state index contributed by atoms with van der Waals surface area (Å²) >= 11 is 5.98. The first-order chi connectivity index (χ1) is 8.87. The molecular weight excluding hydrogens is 288 g/mol. The number of halogens is 1. The molecule has 1 unspecified atom stereocenters. The van der Waals surface area contributed by atoms with E-state index in [1.807, 2.05) is 0 Å². The van der Waals surface area contributed by atoms with Crippen molar-refractivity contribution in [2.24, 2.45) is 0 Å². The Morgan fingerprint density at radius 2 is 2.00 bits per heavy atom. The van der Waals surface area contributed by atoms with Crippen molar-refractivity contribution in [1.82, 2.24) is 0 Å². The molecule has 1 atom stereocenters. The molecule has 1 aromatic carbocycles. The van der Waals surface area contributed by atoms with Crippen LogP contribution in [0.25, 0.3) is 0 Å². The zero-order valence-electron chi connectivity index (χ0n) is 10.7. The Morgan fingerprint density at radius 3 is 2.53 bits per heavy atom. The number of carboxylic acid groups (broad SMARTS) is 1. The summed E-state index contributed by atoms with van der Waals surface area (Å²) in [4.78, 5) is 11.3. The largest absolute Gasteiger partial charge is 0.481 e. The van der Waals surface area contributed by atoms with E-state index in [0.717, 1.165) is 0 Å². The summed E-state index contributed by atoms with van der Waals surface area (Å²) in [6, 6.07) is 6.75. The normalized spacial score (nSPS) is 13.2. The molecule has 1 aromatic rings. The monoisotopic (exact) mass is 304 g/mol. The number of benzene rings is 1. The maximum atomic E-state index is 11.4. The number of rotatable bonds is 7. The topological polar surface area (TPSA) is 71.4 Å². The molecule has 0 saturated heterocycles. The minimum Gasteiger partial charge on any atom is -0.481 e. The number of aliphatic carboxylic acids is 1. The Kier molecular flexibility index (Phi) is 5.82. The third-order valence-electron chi connectivity index (χ3n) is 2.97. The molecule has 0 spiro atoms. The van der Waals surface area contributed by atoms with E-state index in [-0.39, 0.29) is 17.9 Å². The average Bonchev–Trinajstić information content (AvgIpc) is 2.35. The van der Waals surface area contributed by atoms with Gasteiger partial charge in [-0.05, 0) is 24.5 Å². The van der Waals surface area contributed by atoms with Gasteiger partial charge in [0.25, 0.3) is 0 Å². The second-order valence-corrected chi connectivity index (χ2v) is 7.17. The van der Waals surface area contributed by atoms with Crippen molar-refractivity contribution in [1.29, 1.82) is 0 Å². The molecule has 0 saturated carbocycles. The standard InChI is InChI=1S/C13H17ClO4S/c1-2-19(17,18)9-5-7-11(13(15)16)10-6-3-4-8-12(10)14/h3-4,6,8,11H,2,5,7,9H2,1H3,(H,15,16). The molecule has 0 amide bonds. The van der Waals surface area contributed by atoms with Gasteiger partial charge in [0.2, 0.25) is 0 Å². The number of hydrogen-bond donors (Lipinski definition) is 1. The predicted octanol–water partition coefficient (Wildman–Crippen LogP) is 2.72. The van der Waals surface area contributed by atoms with E-state index in [2.05, 4.69) is 0 Å². The zero-order chi connectivity index (χ0) is 14.5. The second-order valence-electron chi connectivity index (χ2n) is 4.29. The van der Waals surface area contributed by atoms with Crippen LogP contribution in [-0.2, 0) is 14.6 Å². The number of sulfone groups is 1. The molecule has 1 rings (SSSR count). The van der Waals surface area contributed by atoms with Crippen molar-refractivity contribution in [3.8, 4) is 0 Å². The van der Waals surface area contributed by atoms with Crippen LogP contribution < -0.4 is 0 Å². The molecule has 0 aromatic heterocycles. The molecule has 4 nitrogen and oxygen atoms in total. The van der Waals surface area contributed by atoms with Gasteiger partial charge in [-0.1, -0.05) is 36.7 Å². The summed E-state index contributed by atoms with van der Waals surface area (Å²) in [6.07, 6.45) is 0.580. The highest BCUT2D eigenvalue weighted by Gasteiger charge is 2.22. The van der Waals surface area contributed by atoms with Crippen molar-refractivity contribution in [2.75, 3.05) is 11.5 Å². The van der Waals surface area contributed by atoms with Gasteiger partial charge in [0.15, 0.2) is 0 Å². The first-order valence-electron chi connectivity index (χ1n) is 6.05. The molecule has 0 heterocycles. The van der Waals surface area contributed by atoms with Crippen LogP contribution in [0.4, 0.5) is 0 Å². The molecular formula is C13H17ClO4S. The van der Waals surface area contributed by atoms with Crippen LogP contribution in [0.2, 0.25) is 5.02 Å². The van der Waals surface area contributed by atoms with Gasteiger partial charge < -0.3 is 5.11 Å². The molecule has 0 bridgehead atoms. The van der Waals surface area contributed by atoms with Crippen LogP contribution in [0.1, 0.15) is 31.2 Å². The van der Waals surface area contributed by atoms with Gasteiger partial charge in [-0.2, -0.15) is 0 Å². The lowest BCUT2D eigenvalue weighted by Crippen LogP contribution is -2.15. The lowest BCUT2D eigenvalue weighted by atomic mass is 9.95. The number of carboxylic acids is 1. The predicted molar refractivity (Wildman–Crippen MR) is 75.4 cm³/mol. The van der Waals surface area contributed by atoms with Crippen LogP contribution in [-0.4, -0.2) is 31.0 Å². The molecule has 19 heavy (non-hydrogen) atoms. The fraction of sp³-hybridized carbons (Fsp3) is 0.462. The lowest BCUT2D eigenvalue weighted by Gasteiger charge is -2.14. The van der Waals surface area contributed by atoms with Gasteiger partial charge in [-0.3, -0.25) is 4.79 Å². The first kappa shape index (κ1) is 16.0. The Labute approximate surface area is 118 Å². The molecule has 0 radical (unpaired) electrons. The third kappa shape index (κ3) is 4.84. The molecule has 6 heteroatoms. The quantitative estimate of drug-likeness (QED) is 0.840. The minimum absolute atomic E-state index is 0.0116.